The first-order chi connectivity index (χ1) is 15.6. The quantitative estimate of drug-likeness (QED) is 0.199. The second-order valence-corrected chi connectivity index (χ2v) is 8.33. The van der Waals surface area contributed by atoms with Crippen molar-refractivity contribution in [1.82, 2.24) is 10.1 Å². The van der Waals surface area contributed by atoms with Crippen LogP contribution in [0.5, 0.6) is 0 Å². The molecule has 0 saturated heterocycles. The fraction of sp³-hybridized carbons (Fsp3) is 0.0833. The Balaban J connectivity index is 1.62. The predicted octanol–water partition coefficient (Wildman–Crippen LogP) is 6.25. The van der Waals surface area contributed by atoms with E-state index in [9.17, 15) is 4.79 Å². The van der Waals surface area contributed by atoms with Crippen LogP contribution in [-0.2, 0) is 4.79 Å². The lowest BCUT2D eigenvalue weighted by molar-refractivity contribution is -0.115. The van der Waals surface area contributed by atoms with Gasteiger partial charge in [0.15, 0.2) is 5.82 Å². The number of nitrogens with one attached hydrogen (secondary N) is 1. The van der Waals surface area contributed by atoms with Gasteiger partial charge in [0, 0.05) is 28.9 Å². The average Bonchev–Trinajstić information content (AvgIpc) is 3.22. The third-order valence-corrected chi connectivity index (χ3v) is 6.10. The molecule has 2 heterocycles. The number of thioether (sulfide) groups is 1. The van der Waals surface area contributed by atoms with Crippen LogP contribution < -0.4 is 5.32 Å². The molecule has 0 aliphatic carbocycles. The lowest BCUT2D eigenvalue weighted by Gasteiger charge is -2.17. The number of carbonyl (C=O) groups excluding carboxylic acids is 1. The van der Waals surface area contributed by atoms with Gasteiger partial charge in [-0.25, -0.2) is 4.98 Å². The average molecular weight is 463 g/mol. The summed E-state index contributed by atoms with van der Waals surface area (Å²) in [7, 11) is 0. The highest BCUT2D eigenvalue weighted by Crippen LogP contribution is 2.40. The standard InChI is InChI=1S/C24H19ClN4O2S/c1-16-14-21(29-31-16)28-24(30)22(17-8-3-2-4-9-17)32-20-12-6-5-11-19(20)27-15-18-10-7-13-26-23(18)25/h2-15,22H,1H3,(H,28,29,30). The van der Waals surface area contributed by atoms with Crippen LogP contribution in [0.3, 0.4) is 0 Å². The third kappa shape index (κ3) is 5.43. The minimum absolute atomic E-state index is 0.205. The van der Waals surface area contributed by atoms with Gasteiger partial charge in [-0.3, -0.25) is 9.79 Å². The van der Waals surface area contributed by atoms with E-state index in [2.05, 4.69) is 20.4 Å². The molecule has 160 valence electrons. The summed E-state index contributed by atoms with van der Waals surface area (Å²) >= 11 is 7.55. The van der Waals surface area contributed by atoms with Crippen molar-refractivity contribution in [3.8, 4) is 0 Å². The second-order valence-electron chi connectivity index (χ2n) is 6.83. The fourth-order valence-corrected chi connectivity index (χ4v) is 4.22. The summed E-state index contributed by atoms with van der Waals surface area (Å²) in [4.78, 5) is 22.7. The van der Waals surface area contributed by atoms with Crippen LogP contribution in [0.15, 0.2) is 93.4 Å². The number of anilines is 1. The maximum Gasteiger partial charge on any atom is 0.243 e. The molecule has 1 amide bonds. The molecule has 0 aliphatic heterocycles. The topological polar surface area (TPSA) is 80.4 Å². The molecule has 0 aliphatic rings. The largest absolute Gasteiger partial charge is 0.360 e. The highest BCUT2D eigenvalue weighted by atomic mass is 35.5. The molecule has 2 aromatic carbocycles. The van der Waals surface area contributed by atoms with E-state index in [1.165, 1.54) is 11.8 Å². The Labute approximate surface area is 194 Å². The van der Waals surface area contributed by atoms with Gasteiger partial charge in [-0.2, -0.15) is 0 Å². The Morgan fingerprint density at radius 3 is 2.66 bits per heavy atom. The molecule has 0 bridgehead atoms. The SMILES string of the molecule is Cc1cc(NC(=O)C(Sc2ccccc2N=Cc2cccnc2Cl)c2ccccc2)no1. The highest BCUT2D eigenvalue weighted by molar-refractivity contribution is 8.00. The van der Waals surface area contributed by atoms with Crippen molar-refractivity contribution in [1.29, 1.82) is 0 Å². The molecule has 2 aromatic heterocycles. The maximum absolute atomic E-state index is 13.2. The molecular weight excluding hydrogens is 444 g/mol. The number of amides is 1. The number of aliphatic imine (C=N–C) groups is 1. The summed E-state index contributed by atoms with van der Waals surface area (Å²) < 4.78 is 5.07. The van der Waals surface area contributed by atoms with Crippen molar-refractivity contribution in [2.45, 2.75) is 17.1 Å². The monoisotopic (exact) mass is 462 g/mol. The molecule has 0 fully saturated rings. The summed E-state index contributed by atoms with van der Waals surface area (Å²) in [5, 5.41) is 6.57. The number of aromatic nitrogens is 2. The minimum Gasteiger partial charge on any atom is -0.360 e. The normalized spacial score (nSPS) is 12.1. The molecule has 1 atom stereocenters. The lowest BCUT2D eigenvalue weighted by Crippen LogP contribution is -2.19. The van der Waals surface area contributed by atoms with Gasteiger partial charge < -0.3 is 9.84 Å². The second kappa shape index (κ2) is 10.3. The van der Waals surface area contributed by atoms with Crippen molar-refractivity contribution in [3.63, 3.8) is 0 Å². The Morgan fingerprint density at radius 1 is 1.12 bits per heavy atom. The van der Waals surface area contributed by atoms with Crippen molar-refractivity contribution in [3.05, 3.63) is 101 Å². The van der Waals surface area contributed by atoms with Crippen LogP contribution in [0, 0.1) is 6.92 Å². The molecule has 32 heavy (non-hydrogen) atoms. The highest BCUT2D eigenvalue weighted by Gasteiger charge is 2.24. The van der Waals surface area contributed by atoms with Gasteiger partial charge in [-0.1, -0.05) is 59.2 Å². The molecule has 0 spiro atoms. The molecular formula is C24H19ClN4O2S. The zero-order valence-electron chi connectivity index (χ0n) is 17.1. The number of carbonyl (C=O) groups is 1. The smallest absolute Gasteiger partial charge is 0.243 e. The Bertz CT molecular complexity index is 1240. The van der Waals surface area contributed by atoms with Gasteiger partial charge in [0.2, 0.25) is 5.91 Å². The van der Waals surface area contributed by atoms with Gasteiger partial charge in [-0.05, 0) is 36.8 Å². The van der Waals surface area contributed by atoms with E-state index < -0.39 is 5.25 Å². The number of aryl methyl sites for hydroxylation is 1. The Kier molecular flexibility index (Phi) is 6.99. The first-order valence-electron chi connectivity index (χ1n) is 9.79. The fourth-order valence-electron chi connectivity index (χ4n) is 2.94. The van der Waals surface area contributed by atoms with Gasteiger partial charge in [-0.15, -0.1) is 11.8 Å². The van der Waals surface area contributed by atoms with Crippen LogP contribution in [0.2, 0.25) is 5.15 Å². The summed E-state index contributed by atoms with van der Waals surface area (Å²) in [5.74, 6) is 0.799. The van der Waals surface area contributed by atoms with Crippen LogP contribution in [0.4, 0.5) is 11.5 Å². The summed E-state index contributed by atoms with van der Waals surface area (Å²) in [6.07, 6.45) is 3.30. The summed E-state index contributed by atoms with van der Waals surface area (Å²) in [6.45, 7) is 1.77. The van der Waals surface area contributed by atoms with Gasteiger partial charge >= 0.3 is 0 Å². The predicted molar refractivity (Wildman–Crippen MR) is 128 cm³/mol. The van der Waals surface area contributed by atoms with Crippen LogP contribution in [-0.4, -0.2) is 22.3 Å². The van der Waals surface area contributed by atoms with E-state index in [0.717, 1.165) is 16.1 Å². The Morgan fingerprint density at radius 2 is 1.91 bits per heavy atom. The van der Waals surface area contributed by atoms with Gasteiger partial charge in [0.1, 0.15) is 16.2 Å². The van der Waals surface area contributed by atoms with Crippen molar-refractivity contribution >= 4 is 47.0 Å². The van der Waals surface area contributed by atoms with Gasteiger partial charge in [0.25, 0.3) is 0 Å². The van der Waals surface area contributed by atoms with Crippen molar-refractivity contribution < 1.29 is 9.32 Å². The van der Waals surface area contributed by atoms with E-state index in [-0.39, 0.29) is 5.91 Å². The molecule has 4 rings (SSSR count). The summed E-state index contributed by atoms with van der Waals surface area (Å²) in [6, 6.07) is 22.5. The van der Waals surface area contributed by atoms with Gasteiger partial charge in [0.05, 0.1) is 5.69 Å². The number of halogens is 1. The zero-order chi connectivity index (χ0) is 22.3. The first-order valence-corrected chi connectivity index (χ1v) is 11.1. The molecule has 4 aromatic rings. The third-order valence-electron chi connectivity index (χ3n) is 4.46. The Hall–Kier alpha value is -3.42. The van der Waals surface area contributed by atoms with E-state index in [1.807, 2.05) is 60.7 Å². The number of rotatable bonds is 7. The zero-order valence-corrected chi connectivity index (χ0v) is 18.7. The molecule has 0 radical (unpaired) electrons. The van der Waals surface area contributed by atoms with E-state index in [0.29, 0.717) is 22.3 Å². The van der Waals surface area contributed by atoms with Crippen LogP contribution in [0.1, 0.15) is 22.1 Å². The first kappa shape index (κ1) is 21.8. The number of para-hydroxylation sites is 1. The lowest BCUT2D eigenvalue weighted by atomic mass is 10.1. The van der Waals surface area contributed by atoms with E-state index in [1.54, 1.807) is 31.5 Å². The minimum atomic E-state index is -0.522. The van der Waals surface area contributed by atoms with Crippen molar-refractivity contribution in [2.24, 2.45) is 4.99 Å². The summed E-state index contributed by atoms with van der Waals surface area (Å²) in [5.41, 5.74) is 2.31. The van der Waals surface area contributed by atoms with Crippen molar-refractivity contribution in [2.75, 3.05) is 5.32 Å². The molecule has 6 nitrogen and oxygen atoms in total. The van der Waals surface area contributed by atoms with Crippen LogP contribution >= 0.6 is 23.4 Å². The molecule has 0 saturated carbocycles. The maximum atomic E-state index is 13.2. The number of pyridine rings is 1. The molecule has 8 heteroatoms. The number of hydrogen-bond acceptors (Lipinski definition) is 6. The number of benzene rings is 2. The molecule has 1 unspecified atom stereocenters. The van der Waals surface area contributed by atoms with E-state index >= 15 is 0 Å². The van der Waals surface area contributed by atoms with Crippen LogP contribution in [0.25, 0.3) is 0 Å². The van der Waals surface area contributed by atoms with E-state index in [4.69, 9.17) is 16.1 Å². The number of hydrogen-bond donors (Lipinski definition) is 1. The molecule has 1 N–H and O–H groups in total. The number of nitrogens with zero attached hydrogens (tertiary/aromatic N) is 3.